The van der Waals surface area contributed by atoms with Crippen LogP contribution in [0.5, 0.6) is 0 Å². The van der Waals surface area contributed by atoms with Gasteiger partial charge in [0.05, 0.1) is 11.7 Å². The lowest BCUT2D eigenvalue weighted by Gasteiger charge is -2.15. The average Bonchev–Trinajstić information content (AvgIpc) is 2.14. The quantitative estimate of drug-likeness (QED) is 0.644. The number of rotatable bonds is 4. The Kier molecular flexibility index (Phi) is 4.55. The maximum absolute atomic E-state index is 11.9. The van der Waals surface area contributed by atoms with E-state index in [-0.39, 0.29) is 12.1 Å². The van der Waals surface area contributed by atoms with Crippen molar-refractivity contribution in [3.63, 3.8) is 0 Å². The van der Waals surface area contributed by atoms with Crippen molar-refractivity contribution in [3.05, 3.63) is 29.3 Å². The van der Waals surface area contributed by atoms with E-state index in [2.05, 4.69) is 13.8 Å². The van der Waals surface area contributed by atoms with Gasteiger partial charge in [-0.1, -0.05) is 13.8 Å². The molecule has 0 aliphatic heterocycles. The highest BCUT2D eigenvalue weighted by atomic mass is 16.5. The van der Waals surface area contributed by atoms with Gasteiger partial charge in [-0.3, -0.25) is 0 Å². The topological polar surface area (TPSA) is 52.3 Å². The molecule has 0 spiro atoms. The predicted octanol–water partition coefficient (Wildman–Crippen LogP) is 3.17. The first kappa shape index (κ1) is 13.6. The third kappa shape index (κ3) is 4.47. The summed E-state index contributed by atoms with van der Waals surface area (Å²) >= 11 is 0. The molecule has 1 aromatic carbocycles. The van der Waals surface area contributed by atoms with Gasteiger partial charge < -0.3 is 10.5 Å². The first-order valence-electron chi connectivity index (χ1n) is 5.96. The first-order chi connectivity index (χ1) is 7.88. The van der Waals surface area contributed by atoms with Crippen molar-refractivity contribution in [1.82, 2.24) is 0 Å². The van der Waals surface area contributed by atoms with Crippen LogP contribution < -0.4 is 5.73 Å². The third-order valence-electron chi connectivity index (χ3n) is 2.45. The second-order valence-corrected chi connectivity index (χ2v) is 4.98. The number of nitrogen functional groups attached to an aromatic ring is 1. The molecule has 3 nitrogen and oxygen atoms in total. The van der Waals surface area contributed by atoms with Gasteiger partial charge in [-0.15, -0.1) is 0 Å². The fourth-order valence-corrected chi connectivity index (χ4v) is 1.89. The maximum atomic E-state index is 11.9. The summed E-state index contributed by atoms with van der Waals surface area (Å²) in [6.45, 7) is 8.03. The summed E-state index contributed by atoms with van der Waals surface area (Å²) in [4.78, 5) is 11.9. The molecule has 1 atom stereocenters. The second kappa shape index (κ2) is 5.71. The van der Waals surface area contributed by atoms with Crippen LogP contribution in [0.3, 0.4) is 0 Å². The summed E-state index contributed by atoms with van der Waals surface area (Å²) in [6.07, 6.45) is 0.803. The van der Waals surface area contributed by atoms with E-state index in [1.54, 1.807) is 12.1 Å². The van der Waals surface area contributed by atoms with Gasteiger partial charge in [-0.25, -0.2) is 4.79 Å². The van der Waals surface area contributed by atoms with Crippen LogP contribution in [0.25, 0.3) is 0 Å². The fraction of sp³-hybridized carbons (Fsp3) is 0.500. The summed E-state index contributed by atoms with van der Waals surface area (Å²) in [5.74, 6) is 0.217. The van der Waals surface area contributed by atoms with Gasteiger partial charge in [0.15, 0.2) is 0 Å². The van der Waals surface area contributed by atoms with E-state index in [9.17, 15) is 4.79 Å². The molecule has 0 aromatic heterocycles. The number of hydrogen-bond donors (Lipinski definition) is 1. The Morgan fingerprint density at radius 3 is 2.47 bits per heavy atom. The fourth-order valence-electron chi connectivity index (χ4n) is 1.89. The Labute approximate surface area is 103 Å². The average molecular weight is 235 g/mol. The largest absolute Gasteiger partial charge is 0.459 e. The van der Waals surface area contributed by atoms with Crippen molar-refractivity contribution in [2.45, 2.75) is 40.2 Å². The third-order valence-corrected chi connectivity index (χ3v) is 2.45. The smallest absolute Gasteiger partial charge is 0.338 e. The Morgan fingerprint density at radius 2 is 1.94 bits per heavy atom. The number of anilines is 1. The highest BCUT2D eigenvalue weighted by Gasteiger charge is 2.13. The number of esters is 1. The van der Waals surface area contributed by atoms with Gasteiger partial charge in [0.25, 0.3) is 0 Å². The molecule has 0 saturated carbocycles. The van der Waals surface area contributed by atoms with Crippen molar-refractivity contribution in [2.24, 2.45) is 5.92 Å². The van der Waals surface area contributed by atoms with Crippen molar-refractivity contribution in [3.8, 4) is 0 Å². The second-order valence-electron chi connectivity index (χ2n) is 4.98. The summed E-state index contributed by atoms with van der Waals surface area (Å²) in [6, 6.07) is 5.27. The van der Waals surface area contributed by atoms with Crippen LogP contribution in [0.15, 0.2) is 18.2 Å². The zero-order valence-corrected chi connectivity index (χ0v) is 11.0. The standard InChI is InChI=1S/C14H21NO2/c1-9(2)5-11(4)17-14(16)12-6-10(3)7-13(15)8-12/h6-9,11H,5,15H2,1-4H3. The van der Waals surface area contributed by atoms with Gasteiger partial charge >= 0.3 is 5.97 Å². The molecule has 1 aromatic rings. The van der Waals surface area contributed by atoms with Crippen LogP contribution in [0.4, 0.5) is 5.69 Å². The van der Waals surface area contributed by atoms with E-state index < -0.39 is 0 Å². The van der Waals surface area contributed by atoms with Gasteiger partial charge in [0.2, 0.25) is 0 Å². The molecule has 17 heavy (non-hydrogen) atoms. The van der Waals surface area contributed by atoms with E-state index in [1.807, 2.05) is 19.9 Å². The van der Waals surface area contributed by atoms with Gasteiger partial charge in [-0.05, 0) is 49.9 Å². The van der Waals surface area contributed by atoms with Crippen LogP contribution in [-0.4, -0.2) is 12.1 Å². The number of hydrogen-bond acceptors (Lipinski definition) is 3. The number of carbonyl (C=O) groups excluding carboxylic acids is 1. The lowest BCUT2D eigenvalue weighted by molar-refractivity contribution is 0.0299. The molecule has 1 rings (SSSR count). The molecule has 0 aliphatic carbocycles. The Hall–Kier alpha value is -1.51. The molecule has 0 saturated heterocycles. The Balaban J connectivity index is 2.69. The minimum absolute atomic E-state index is 0.0655. The van der Waals surface area contributed by atoms with Crippen LogP contribution in [0, 0.1) is 12.8 Å². The van der Waals surface area contributed by atoms with E-state index in [1.165, 1.54) is 0 Å². The van der Waals surface area contributed by atoms with Gasteiger partial charge in [-0.2, -0.15) is 0 Å². The van der Waals surface area contributed by atoms with Crippen LogP contribution in [0.2, 0.25) is 0 Å². The predicted molar refractivity (Wildman–Crippen MR) is 69.9 cm³/mol. The van der Waals surface area contributed by atoms with E-state index in [0.29, 0.717) is 17.2 Å². The van der Waals surface area contributed by atoms with Gasteiger partial charge in [0.1, 0.15) is 0 Å². The molecular weight excluding hydrogens is 214 g/mol. The monoisotopic (exact) mass is 235 g/mol. The Morgan fingerprint density at radius 1 is 1.29 bits per heavy atom. The summed E-state index contributed by atoms with van der Waals surface area (Å²) in [5, 5.41) is 0. The number of aryl methyl sites for hydroxylation is 1. The maximum Gasteiger partial charge on any atom is 0.338 e. The van der Waals surface area contributed by atoms with Crippen LogP contribution in [-0.2, 0) is 4.74 Å². The number of nitrogens with two attached hydrogens (primary N) is 1. The molecule has 94 valence electrons. The molecule has 1 unspecified atom stereocenters. The van der Waals surface area contributed by atoms with Crippen molar-refractivity contribution >= 4 is 11.7 Å². The zero-order valence-electron chi connectivity index (χ0n) is 11.0. The lowest BCUT2D eigenvalue weighted by Crippen LogP contribution is -2.17. The highest BCUT2D eigenvalue weighted by molar-refractivity contribution is 5.90. The van der Waals surface area contributed by atoms with E-state index >= 15 is 0 Å². The minimum atomic E-state index is -0.298. The van der Waals surface area contributed by atoms with E-state index in [4.69, 9.17) is 10.5 Å². The normalized spacial score (nSPS) is 12.5. The molecule has 0 aliphatic rings. The lowest BCUT2D eigenvalue weighted by atomic mass is 10.1. The van der Waals surface area contributed by atoms with E-state index in [0.717, 1.165) is 12.0 Å². The van der Waals surface area contributed by atoms with Gasteiger partial charge in [0, 0.05) is 5.69 Å². The molecule has 0 fully saturated rings. The molecule has 0 bridgehead atoms. The summed E-state index contributed by atoms with van der Waals surface area (Å²) < 4.78 is 5.36. The summed E-state index contributed by atoms with van der Waals surface area (Å²) in [5.41, 5.74) is 7.78. The number of ether oxygens (including phenoxy) is 1. The zero-order chi connectivity index (χ0) is 13.0. The highest BCUT2D eigenvalue weighted by Crippen LogP contribution is 2.15. The SMILES string of the molecule is Cc1cc(N)cc(C(=O)OC(C)CC(C)C)c1. The first-order valence-corrected chi connectivity index (χ1v) is 5.96. The van der Waals surface area contributed by atoms with Crippen molar-refractivity contribution < 1.29 is 9.53 Å². The number of carbonyl (C=O) groups is 1. The van der Waals surface area contributed by atoms with Crippen molar-refractivity contribution in [2.75, 3.05) is 5.73 Å². The van der Waals surface area contributed by atoms with Crippen LogP contribution >= 0.6 is 0 Å². The molecule has 0 amide bonds. The summed E-state index contributed by atoms with van der Waals surface area (Å²) in [7, 11) is 0. The number of benzene rings is 1. The molecule has 0 radical (unpaired) electrons. The Bertz CT molecular complexity index is 379. The minimum Gasteiger partial charge on any atom is -0.459 e. The molecular formula is C14H21NO2. The molecule has 3 heteroatoms. The molecule has 0 heterocycles. The van der Waals surface area contributed by atoms with Crippen LogP contribution in [0.1, 0.15) is 43.1 Å². The van der Waals surface area contributed by atoms with Crippen molar-refractivity contribution in [1.29, 1.82) is 0 Å². The molecule has 2 N–H and O–H groups in total.